The second-order valence-electron chi connectivity index (χ2n) is 5.39. The minimum Gasteiger partial charge on any atom is -0.474 e. The predicted molar refractivity (Wildman–Crippen MR) is 91.7 cm³/mol. The zero-order chi connectivity index (χ0) is 18.2. The number of amides is 1. The van der Waals surface area contributed by atoms with E-state index in [0.29, 0.717) is 19.3 Å². The molecule has 0 bridgehead atoms. The van der Waals surface area contributed by atoms with Crippen molar-refractivity contribution in [1.29, 1.82) is 0 Å². The van der Waals surface area contributed by atoms with E-state index < -0.39 is 11.0 Å². The average molecular weight is 342 g/mol. The van der Waals surface area contributed by atoms with Crippen molar-refractivity contribution in [2.45, 2.75) is 19.4 Å². The standard InChI is InChI=1S/C18H18N2O5/c1-13(18(22)19-10-9-14-5-3-2-4-6-14)25-17-8-7-15(12-21)11-16(17)20(23)24/h2-8,11-13H,9-10H2,1H3,(H,19,22)/t13-/m0/s1. The van der Waals surface area contributed by atoms with Crippen molar-refractivity contribution in [1.82, 2.24) is 5.32 Å². The summed E-state index contributed by atoms with van der Waals surface area (Å²) in [5, 5.41) is 13.8. The highest BCUT2D eigenvalue weighted by Crippen LogP contribution is 2.28. The van der Waals surface area contributed by atoms with Gasteiger partial charge in [0.05, 0.1) is 4.92 Å². The molecule has 2 aromatic carbocycles. The molecule has 0 aromatic heterocycles. The quantitative estimate of drug-likeness (QED) is 0.451. The molecular weight excluding hydrogens is 324 g/mol. The first-order valence-corrected chi connectivity index (χ1v) is 7.73. The van der Waals surface area contributed by atoms with Gasteiger partial charge in [-0.3, -0.25) is 19.7 Å². The van der Waals surface area contributed by atoms with Gasteiger partial charge in [-0.2, -0.15) is 0 Å². The monoisotopic (exact) mass is 342 g/mol. The summed E-state index contributed by atoms with van der Waals surface area (Å²) in [5.74, 6) is -0.425. The van der Waals surface area contributed by atoms with Gasteiger partial charge in [0.1, 0.15) is 6.29 Å². The van der Waals surface area contributed by atoms with Crippen LogP contribution in [-0.4, -0.2) is 29.8 Å². The summed E-state index contributed by atoms with van der Waals surface area (Å²) in [6, 6.07) is 13.5. The summed E-state index contributed by atoms with van der Waals surface area (Å²) in [4.78, 5) is 33.2. The number of nitro benzene ring substituents is 1. The fourth-order valence-corrected chi connectivity index (χ4v) is 2.21. The lowest BCUT2D eigenvalue weighted by Gasteiger charge is -2.15. The Morgan fingerprint density at radius 2 is 2.00 bits per heavy atom. The van der Waals surface area contributed by atoms with E-state index >= 15 is 0 Å². The molecule has 0 saturated heterocycles. The molecule has 0 spiro atoms. The van der Waals surface area contributed by atoms with E-state index in [4.69, 9.17) is 4.74 Å². The van der Waals surface area contributed by atoms with Gasteiger partial charge in [0.15, 0.2) is 11.9 Å². The number of carbonyl (C=O) groups excluding carboxylic acids is 2. The van der Waals surface area contributed by atoms with Crippen molar-refractivity contribution < 1.29 is 19.2 Å². The summed E-state index contributed by atoms with van der Waals surface area (Å²) >= 11 is 0. The van der Waals surface area contributed by atoms with Crippen LogP contribution in [0.5, 0.6) is 5.75 Å². The number of carbonyl (C=O) groups is 2. The largest absolute Gasteiger partial charge is 0.474 e. The zero-order valence-corrected chi connectivity index (χ0v) is 13.7. The lowest BCUT2D eigenvalue weighted by molar-refractivity contribution is -0.386. The van der Waals surface area contributed by atoms with E-state index in [0.717, 1.165) is 11.6 Å². The Morgan fingerprint density at radius 3 is 2.64 bits per heavy atom. The van der Waals surface area contributed by atoms with Gasteiger partial charge in [-0.25, -0.2) is 0 Å². The average Bonchev–Trinajstić information content (AvgIpc) is 2.62. The fraction of sp³-hybridized carbons (Fsp3) is 0.222. The maximum absolute atomic E-state index is 12.1. The number of nitro groups is 1. The first-order valence-electron chi connectivity index (χ1n) is 7.73. The molecule has 7 nitrogen and oxygen atoms in total. The lowest BCUT2D eigenvalue weighted by Crippen LogP contribution is -2.37. The Labute approximate surface area is 144 Å². The molecule has 0 fully saturated rings. The molecule has 0 heterocycles. The Hall–Kier alpha value is -3.22. The van der Waals surface area contributed by atoms with Gasteiger partial charge in [0.2, 0.25) is 0 Å². The van der Waals surface area contributed by atoms with Gasteiger partial charge >= 0.3 is 5.69 Å². The number of benzene rings is 2. The minimum absolute atomic E-state index is 0.0543. The molecule has 0 aliphatic carbocycles. The molecule has 0 aliphatic rings. The van der Waals surface area contributed by atoms with E-state index in [2.05, 4.69) is 5.32 Å². The SMILES string of the molecule is C[C@H](Oc1ccc(C=O)cc1[N+](=O)[O-])C(=O)NCCc1ccccc1. The van der Waals surface area contributed by atoms with E-state index in [1.54, 1.807) is 0 Å². The fourth-order valence-electron chi connectivity index (χ4n) is 2.21. The minimum atomic E-state index is -0.906. The number of hydrogen-bond acceptors (Lipinski definition) is 5. The molecule has 0 saturated carbocycles. The molecule has 2 aromatic rings. The predicted octanol–water partition coefficient (Wildman–Crippen LogP) is 2.53. The maximum Gasteiger partial charge on any atom is 0.311 e. The van der Waals surface area contributed by atoms with E-state index in [1.165, 1.54) is 19.1 Å². The Morgan fingerprint density at radius 1 is 1.28 bits per heavy atom. The van der Waals surface area contributed by atoms with Gasteiger partial charge in [0.25, 0.3) is 5.91 Å². The third-order valence-electron chi connectivity index (χ3n) is 3.54. The van der Waals surface area contributed by atoms with Crippen molar-refractivity contribution in [3.8, 4) is 5.75 Å². The topological polar surface area (TPSA) is 98.5 Å². The molecule has 1 amide bonds. The van der Waals surface area contributed by atoms with Crippen LogP contribution >= 0.6 is 0 Å². The first kappa shape index (κ1) is 18.1. The van der Waals surface area contributed by atoms with Gasteiger partial charge in [-0.1, -0.05) is 30.3 Å². The molecule has 0 aliphatic heterocycles. The number of nitrogens with one attached hydrogen (secondary N) is 1. The molecule has 1 N–H and O–H groups in total. The number of ether oxygens (including phenoxy) is 1. The van der Waals surface area contributed by atoms with Gasteiger partial charge in [-0.05, 0) is 31.0 Å². The summed E-state index contributed by atoms with van der Waals surface area (Å²) in [6.07, 6.45) is 0.279. The molecule has 2 rings (SSSR count). The van der Waals surface area contributed by atoms with Crippen molar-refractivity contribution in [3.05, 3.63) is 69.8 Å². The Balaban J connectivity index is 1.94. The van der Waals surface area contributed by atoms with Crippen LogP contribution in [0.2, 0.25) is 0 Å². The highest BCUT2D eigenvalue weighted by molar-refractivity contribution is 5.81. The van der Waals surface area contributed by atoms with Crippen LogP contribution in [0.4, 0.5) is 5.69 Å². The van der Waals surface area contributed by atoms with Crippen LogP contribution in [0.25, 0.3) is 0 Å². The highest BCUT2D eigenvalue weighted by atomic mass is 16.6. The normalized spacial score (nSPS) is 11.4. The van der Waals surface area contributed by atoms with Crippen LogP contribution in [-0.2, 0) is 11.2 Å². The summed E-state index contributed by atoms with van der Waals surface area (Å²) in [6.45, 7) is 1.94. The van der Waals surface area contributed by atoms with Crippen LogP contribution in [0.1, 0.15) is 22.8 Å². The third kappa shape index (κ3) is 5.13. The number of aldehydes is 1. The second-order valence-corrected chi connectivity index (χ2v) is 5.39. The van der Waals surface area contributed by atoms with Crippen molar-refractivity contribution in [2.75, 3.05) is 6.54 Å². The van der Waals surface area contributed by atoms with Crippen LogP contribution in [0.15, 0.2) is 48.5 Å². The smallest absolute Gasteiger partial charge is 0.311 e. The van der Waals surface area contributed by atoms with Crippen molar-refractivity contribution in [3.63, 3.8) is 0 Å². The maximum atomic E-state index is 12.1. The van der Waals surface area contributed by atoms with Crippen molar-refractivity contribution in [2.24, 2.45) is 0 Å². The van der Waals surface area contributed by atoms with Crippen LogP contribution < -0.4 is 10.1 Å². The Bertz CT molecular complexity index is 761. The van der Waals surface area contributed by atoms with Gasteiger partial charge in [0, 0.05) is 18.2 Å². The molecule has 130 valence electrons. The number of hydrogen-bond donors (Lipinski definition) is 1. The van der Waals surface area contributed by atoms with Crippen LogP contribution in [0, 0.1) is 10.1 Å². The zero-order valence-electron chi connectivity index (χ0n) is 13.7. The molecule has 25 heavy (non-hydrogen) atoms. The molecule has 0 unspecified atom stereocenters. The van der Waals surface area contributed by atoms with Gasteiger partial charge < -0.3 is 10.1 Å². The van der Waals surface area contributed by atoms with E-state index in [9.17, 15) is 19.7 Å². The Kier molecular flexibility index (Phi) is 6.22. The molecular formula is C18H18N2O5. The molecule has 1 atom stereocenters. The molecule has 7 heteroatoms. The number of rotatable bonds is 8. The van der Waals surface area contributed by atoms with E-state index in [1.807, 2.05) is 30.3 Å². The first-order chi connectivity index (χ1) is 12.0. The van der Waals surface area contributed by atoms with Crippen molar-refractivity contribution >= 4 is 17.9 Å². The highest BCUT2D eigenvalue weighted by Gasteiger charge is 2.21. The summed E-state index contributed by atoms with van der Waals surface area (Å²) in [5.41, 5.74) is 0.906. The van der Waals surface area contributed by atoms with Crippen LogP contribution in [0.3, 0.4) is 0 Å². The third-order valence-corrected chi connectivity index (χ3v) is 3.54. The lowest BCUT2D eigenvalue weighted by atomic mass is 10.1. The van der Waals surface area contributed by atoms with E-state index in [-0.39, 0.29) is 22.9 Å². The summed E-state index contributed by atoms with van der Waals surface area (Å²) < 4.78 is 5.40. The number of nitrogens with zero attached hydrogens (tertiary/aromatic N) is 1. The molecule has 0 radical (unpaired) electrons. The summed E-state index contributed by atoms with van der Waals surface area (Å²) in [7, 11) is 0. The van der Waals surface area contributed by atoms with Gasteiger partial charge in [-0.15, -0.1) is 0 Å². The second kappa shape index (κ2) is 8.58.